The van der Waals surface area contributed by atoms with Crippen LogP contribution in [0.1, 0.15) is 5.56 Å². The molecule has 28 heavy (non-hydrogen) atoms. The van der Waals surface area contributed by atoms with E-state index < -0.39 is 6.10 Å². The van der Waals surface area contributed by atoms with Crippen LogP contribution in [0, 0.1) is 6.92 Å². The highest BCUT2D eigenvalue weighted by Gasteiger charge is 2.15. The van der Waals surface area contributed by atoms with Gasteiger partial charge in [-0.2, -0.15) is 0 Å². The highest BCUT2D eigenvalue weighted by Crippen LogP contribution is 2.33. The van der Waals surface area contributed by atoms with Gasteiger partial charge in [0.15, 0.2) is 0 Å². The lowest BCUT2D eigenvalue weighted by molar-refractivity contribution is 0.169. The number of rotatable bonds is 5. The van der Waals surface area contributed by atoms with Gasteiger partial charge in [0.1, 0.15) is 0 Å². The van der Waals surface area contributed by atoms with Gasteiger partial charge in [0, 0.05) is 49.1 Å². The maximum atomic E-state index is 10.7. The molecule has 0 saturated heterocycles. The number of aromatic nitrogens is 1. The number of anilines is 1. The molecule has 144 valence electrons. The van der Waals surface area contributed by atoms with E-state index in [9.17, 15) is 5.11 Å². The Labute approximate surface area is 178 Å². The Bertz CT molecular complexity index is 1110. The van der Waals surface area contributed by atoms with E-state index >= 15 is 0 Å². The van der Waals surface area contributed by atoms with Crippen molar-refractivity contribution in [2.24, 2.45) is 0 Å². The minimum atomic E-state index is -0.592. The summed E-state index contributed by atoms with van der Waals surface area (Å²) in [5, 5.41) is 18.0. The standard InChI is InChI=1S/C22H19Cl3N2O/c1-13-2-5-16(10-20(13)25)26-11-17(28)12-27-21-6-3-14(23)8-18(21)19-9-15(24)4-7-22(19)27/h2-10,17,26,28H,11-12H2,1H3/t17-/m0/s1. The average molecular weight is 434 g/mol. The number of benzene rings is 3. The van der Waals surface area contributed by atoms with E-state index in [2.05, 4.69) is 9.88 Å². The number of nitrogens with one attached hydrogen (secondary N) is 1. The molecule has 0 radical (unpaired) electrons. The summed E-state index contributed by atoms with van der Waals surface area (Å²) in [7, 11) is 0. The van der Waals surface area contributed by atoms with E-state index in [1.807, 2.05) is 61.5 Å². The van der Waals surface area contributed by atoms with E-state index in [4.69, 9.17) is 34.8 Å². The van der Waals surface area contributed by atoms with Crippen LogP contribution < -0.4 is 5.32 Å². The first-order chi connectivity index (χ1) is 13.4. The third-order valence-electron chi connectivity index (χ3n) is 4.90. The molecule has 3 nitrogen and oxygen atoms in total. The molecule has 0 amide bonds. The van der Waals surface area contributed by atoms with Crippen LogP contribution in [0.15, 0.2) is 54.6 Å². The van der Waals surface area contributed by atoms with Gasteiger partial charge < -0.3 is 15.0 Å². The van der Waals surface area contributed by atoms with Crippen molar-refractivity contribution in [3.63, 3.8) is 0 Å². The molecule has 0 bridgehead atoms. The fraction of sp³-hybridized carbons (Fsp3) is 0.182. The zero-order valence-corrected chi connectivity index (χ0v) is 17.5. The van der Waals surface area contributed by atoms with E-state index in [1.54, 1.807) is 0 Å². The molecule has 4 aromatic rings. The lowest BCUT2D eigenvalue weighted by atomic mass is 10.1. The SMILES string of the molecule is Cc1ccc(NC[C@H](O)Cn2c3ccc(Cl)cc3c3cc(Cl)ccc32)cc1Cl. The van der Waals surface area contributed by atoms with E-state index in [0.717, 1.165) is 33.1 Å². The fourth-order valence-corrected chi connectivity index (χ4v) is 3.98. The molecule has 0 aliphatic carbocycles. The first-order valence-electron chi connectivity index (χ1n) is 8.97. The van der Waals surface area contributed by atoms with Crippen LogP contribution in [0.3, 0.4) is 0 Å². The summed E-state index contributed by atoms with van der Waals surface area (Å²) in [6.07, 6.45) is -0.592. The molecule has 6 heteroatoms. The lowest BCUT2D eigenvalue weighted by Crippen LogP contribution is -2.24. The van der Waals surface area contributed by atoms with Gasteiger partial charge in [-0.3, -0.25) is 0 Å². The van der Waals surface area contributed by atoms with E-state index in [0.29, 0.717) is 28.2 Å². The number of aliphatic hydroxyl groups is 1. The summed E-state index contributed by atoms with van der Waals surface area (Å²) < 4.78 is 2.10. The van der Waals surface area contributed by atoms with Gasteiger partial charge in [0.25, 0.3) is 0 Å². The summed E-state index contributed by atoms with van der Waals surface area (Å²) in [5.74, 6) is 0. The van der Waals surface area contributed by atoms with Crippen molar-refractivity contribution in [2.45, 2.75) is 19.6 Å². The summed E-state index contributed by atoms with van der Waals surface area (Å²) in [5.41, 5.74) is 3.93. The topological polar surface area (TPSA) is 37.2 Å². The number of halogens is 3. The second-order valence-electron chi connectivity index (χ2n) is 6.93. The number of fused-ring (bicyclic) bond motifs is 3. The third-order valence-corrected chi connectivity index (χ3v) is 5.77. The van der Waals surface area contributed by atoms with E-state index in [-0.39, 0.29) is 0 Å². The van der Waals surface area contributed by atoms with Crippen LogP contribution in [0.4, 0.5) is 5.69 Å². The Morgan fingerprint density at radius 2 is 1.50 bits per heavy atom. The van der Waals surface area contributed by atoms with Crippen LogP contribution in [-0.2, 0) is 6.54 Å². The Kier molecular flexibility index (Phi) is 5.44. The highest BCUT2D eigenvalue weighted by atomic mass is 35.5. The molecular weight excluding hydrogens is 415 g/mol. The molecule has 0 fully saturated rings. The molecule has 0 unspecified atom stereocenters. The van der Waals surface area contributed by atoms with Crippen molar-refractivity contribution in [3.05, 3.63) is 75.2 Å². The normalized spacial score (nSPS) is 12.6. The number of hydrogen-bond donors (Lipinski definition) is 2. The molecule has 0 saturated carbocycles. The molecule has 1 heterocycles. The number of aryl methyl sites for hydroxylation is 1. The summed E-state index contributed by atoms with van der Waals surface area (Å²) in [4.78, 5) is 0. The zero-order valence-electron chi connectivity index (χ0n) is 15.2. The minimum absolute atomic E-state index is 0.404. The van der Waals surface area contributed by atoms with Crippen molar-refractivity contribution in [1.82, 2.24) is 4.57 Å². The third kappa shape index (κ3) is 3.81. The molecule has 0 aliphatic rings. The second kappa shape index (κ2) is 7.84. The van der Waals surface area contributed by atoms with Crippen molar-refractivity contribution in [3.8, 4) is 0 Å². The smallest absolute Gasteiger partial charge is 0.0891 e. The van der Waals surface area contributed by atoms with Gasteiger partial charge in [-0.1, -0.05) is 40.9 Å². The van der Waals surface area contributed by atoms with Crippen molar-refractivity contribution >= 4 is 62.3 Å². The van der Waals surface area contributed by atoms with Crippen LogP contribution in [0.2, 0.25) is 15.1 Å². The highest BCUT2D eigenvalue weighted by molar-refractivity contribution is 6.33. The molecule has 0 aliphatic heterocycles. The van der Waals surface area contributed by atoms with Gasteiger partial charge in [-0.25, -0.2) is 0 Å². The van der Waals surface area contributed by atoms with Gasteiger partial charge in [-0.05, 0) is 61.0 Å². The van der Waals surface area contributed by atoms with Gasteiger partial charge in [-0.15, -0.1) is 0 Å². The zero-order chi connectivity index (χ0) is 19.8. The first-order valence-corrected chi connectivity index (χ1v) is 10.1. The Morgan fingerprint density at radius 3 is 2.07 bits per heavy atom. The molecule has 2 N–H and O–H groups in total. The summed E-state index contributed by atoms with van der Waals surface area (Å²) in [6, 6.07) is 17.3. The largest absolute Gasteiger partial charge is 0.389 e. The van der Waals surface area contributed by atoms with Crippen LogP contribution in [-0.4, -0.2) is 22.3 Å². The van der Waals surface area contributed by atoms with Gasteiger partial charge >= 0.3 is 0 Å². The van der Waals surface area contributed by atoms with Crippen molar-refractivity contribution < 1.29 is 5.11 Å². The monoisotopic (exact) mass is 432 g/mol. The van der Waals surface area contributed by atoms with Crippen molar-refractivity contribution in [1.29, 1.82) is 0 Å². The second-order valence-corrected chi connectivity index (χ2v) is 8.21. The van der Waals surface area contributed by atoms with Crippen molar-refractivity contribution in [2.75, 3.05) is 11.9 Å². The molecule has 0 spiro atoms. The first kappa shape index (κ1) is 19.4. The van der Waals surface area contributed by atoms with Gasteiger partial charge in [0.05, 0.1) is 12.6 Å². The van der Waals surface area contributed by atoms with Crippen LogP contribution in [0.25, 0.3) is 21.8 Å². The maximum Gasteiger partial charge on any atom is 0.0891 e. The Hall–Kier alpha value is -1.91. The number of hydrogen-bond acceptors (Lipinski definition) is 2. The van der Waals surface area contributed by atoms with Gasteiger partial charge in [0.2, 0.25) is 0 Å². The molecule has 1 aromatic heterocycles. The molecule has 1 atom stereocenters. The molecular formula is C22H19Cl3N2O. The van der Waals surface area contributed by atoms with Crippen LogP contribution in [0.5, 0.6) is 0 Å². The van der Waals surface area contributed by atoms with E-state index in [1.165, 1.54) is 0 Å². The fourth-order valence-electron chi connectivity index (χ4n) is 3.46. The summed E-state index contributed by atoms with van der Waals surface area (Å²) in [6.45, 7) is 2.80. The predicted octanol–water partition coefficient (Wildman–Crippen LogP) is 6.54. The predicted molar refractivity (Wildman–Crippen MR) is 120 cm³/mol. The Balaban J connectivity index is 1.62. The maximum absolute atomic E-state index is 10.7. The molecule has 4 rings (SSSR count). The minimum Gasteiger partial charge on any atom is -0.389 e. The lowest BCUT2D eigenvalue weighted by Gasteiger charge is -2.16. The number of nitrogens with zero attached hydrogens (tertiary/aromatic N) is 1. The van der Waals surface area contributed by atoms with Crippen LogP contribution >= 0.6 is 34.8 Å². The Morgan fingerprint density at radius 1 is 0.893 bits per heavy atom. The average Bonchev–Trinajstić information content (AvgIpc) is 2.95. The quantitative estimate of drug-likeness (QED) is 0.375. The molecule has 3 aromatic carbocycles. The number of aliphatic hydroxyl groups excluding tert-OH is 1. The summed E-state index contributed by atoms with van der Waals surface area (Å²) >= 11 is 18.6.